The van der Waals surface area contributed by atoms with Crippen LogP contribution in [0.4, 0.5) is 0 Å². The molecule has 128 valence electrons. The standard InChI is InChI=1S/C16H23NO6/c1-22-13-4-2-3-5-14(13)23-16(15(20)21)6-8-17(9-7-16)10-12(19)11-18/h2-5,12,18-19H,6-11H2,1H3,(H,20,21). The highest BCUT2D eigenvalue weighted by molar-refractivity contribution is 5.78. The lowest BCUT2D eigenvalue weighted by molar-refractivity contribution is -0.160. The number of nitrogens with zero attached hydrogens (tertiary/aromatic N) is 1. The van der Waals surface area contributed by atoms with E-state index in [-0.39, 0.29) is 6.61 Å². The summed E-state index contributed by atoms with van der Waals surface area (Å²) in [6.45, 7) is 0.955. The zero-order valence-electron chi connectivity index (χ0n) is 13.1. The third-order valence-electron chi connectivity index (χ3n) is 4.11. The van der Waals surface area contributed by atoms with Crippen LogP contribution in [0.5, 0.6) is 11.5 Å². The summed E-state index contributed by atoms with van der Waals surface area (Å²) in [4.78, 5) is 13.7. The number of para-hydroxylation sites is 2. The molecule has 0 radical (unpaired) electrons. The zero-order valence-corrected chi connectivity index (χ0v) is 13.1. The molecule has 7 heteroatoms. The fraction of sp³-hybridized carbons (Fsp3) is 0.562. The average Bonchev–Trinajstić information content (AvgIpc) is 2.57. The van der Waals surface area contributed by atoms with Crippen LogP contribution in [-0.2, 0) is 4.79 Å². The van der Waals surface area contributed by atoms with E-state index in [0.717, 1.165) is 0 Å². The van der Waals surface area contributed by atoms with Crippen molar-refractivity contribution in [2.75, 3.05) is 33.4 Å². The maximum absolute atomic E-state index is 11.8. The van der Waals surface area contributed by atoms with E-state index in [1.165, 1.54) is 7.11 Å². The number of hydrogen-bond acceptors (Lipinski definition) is 6. The van der Waals surface area contributed by atoms with Crippen LogP contribution in [0.15, 0.2) is 24.3 Å². The third-order valence-corrected chi connectivity index (χ3v) is 4.11. The number of β-amino-alcohol motifs (C(OH)–C–C–N with tert-alkyl or cyclic N) is 1. The summed E-state index contributed by atoms with van der Waals surface area (Å²) >= 11 is 0. The molecule has 0 aromatic heterocycles. The van der Waals surface area contributed by atoms with Crippen LogP contribution < -0.4 is 9.47 Å². The minimum atomic E-state index is -1.31. The van der Waals surface area contributed by atoms with Crippen molar-refractivity contribution in [3.05, 3.63) is 24.3 Å². The molecule has 1 aliphatic rings. The third kappa shape index (κ3) is 4.13. The molecular formula is C16H23NO6. The molecule has 2 rings (SSSR count). The van der Waals surface area contributed by atoms with E-state index in [4.69, 9.17) is 14.6 Å². The van der Waals surface area contributed by atoms with E-state index >= 15 is 0 Å². The van der Waals surface area contributed by atoms with Gasteiger partial charge < -0.3 is 29.7 Å². The van der Waals surface area contributed by atoms with Crippen molar-refractivity contribution in [3.8, 4) is 11.5 Å². The van der Waals surface area contributed by atoms with Crippen molar-refractivity contribution in [3.63, 3.8) is 0 Å². The van der Waals surface area contributed by atoms with Gasteiger partial charge in [-0.05, 0) is 12.1 Å². The minimum absolute atomic E-state index is 0.290. The maximum Gasteiger partial charge on any atom is 0.348 e. The Bertz CT molecular complexity index is 527. The van der Waals surface area contributed by atoms with Gasteiger partial charge in [-0.3, -0.25) is 0 Å². The quantitative estimate of drug-likeness (QED) is 0.665. The van der Waals surface area contributed by atoms with Gasteiger partial charge in [0, 0.05) is 32.5 Å². The maximum atomic E-state index is 11.8. The first-order valence-electron chi connectivity index (χ1n) is 7.57. The second-order valence-corrected chi connectivity index (χ2v) is 5.69. The zero-order chi connectivity index (χ0) is 16.9. The topological polar surface area (TPSA) is 99.5 Å². The van der Waals surface area contributed by atoms with Crippen molar-refractivity contribution in [1.29, 1.82) is 0 Å². The molecule has 0 amide bonds. The molecule has 1 saturated heterocycles. The number of ether oxygens (including phenoxy) is 2. The molecule has 1 aliphatic heterocycles. The molecule has 7 nitrogen and oxygen atoms in total. The number of rotatable bonds is 7. The summed E-state index contributed by atoms with van der Waals surface area (Å²) in [5, 5.41) is 28.1. The fourth-order valence-corrected chi connectivity index (χ4v) is 2.73. The fourth-order valence-electron chi connectivity index (χ4n) is 2.73. The highest BCUT2D eigenvalue weighted by atomic mass is 16.5. The van der Waals surface area contributed by atoms with Gasteiger partial charge in [0.2, 0.25) is 5.60 Å². The molecule has 0 bridgehead atoms. The van der Waals surface area contributed by atoms with Gasteiger partial charge in [0.25, 0.3) is 0 Å². The highest BCUT2D eigenvalue weighted by Crippen LogP contribution is 2.34. The van der Waals surface area contributed by atoms with E-state index in [0.29, 0.717) is 44.0 Å². The molecule has 0 aliphatic carbocycles. The number of likely N-dealkylation sites (tertiary alicyclic amines) is 1. The summed E-state index contributed by atoms with van der Waals surface area (Å²) in [5.41, 5.74) is -1.31. The van der Waals surface area contributed by atoms with Crippen LogP contribution in [0.3, 0.4) is 0 Å². The van der Waals surface area contributed by atoms with E-state index in [1.54, 1.807) is 24.3 Å². The van der Waals surface area contributed by atoms with Crippen molar-refractivity contribution >= 4 is 5.97 Å². The van der Waals surface area contributed by atoms with Gasteiger partial charge >= 0.3 is 5.97 Å². The molecule has 1 atom stereocenters. The molecule has 1 fully saturated rings. The van der Waals surface area contributed by atoms with Gasteiger partial charge in [0.15, 0.2) is 11.5 Å². The number of piperidine rings is 1. The molecular weight excluding hydrogens is 302 g/mol. The number of aliphatic hydroxyl groups is 2. The lowest BCUT2D eigenvalue weighted by Crippen LogP contribution is -2.54. The second-order valence-electron chi connectivity index (χ2n) is 5.69. The summed E-state index contributed by atoms with van der Waals surface area (Å²) < 4.78 is 11.1. The Morgan fingerprint density at radius 3 is 2.43 bits per heavy atom. The van der Waals surface area contributed by atoms with Gasteiger partial charge in [-0.15, -0.1) is 0 Å². The van der Waals surface area contributed by atoms with Crippen LogP contribution in [0.1, 0.15) is 12.8 Å². The van der Waals surface area contributed by atoms with E-state index in [1.807, 2.05) is 4.90 Å². The molecule has 1 unspecified atom stereocenters. The van der Waals surface area contributed by atoms with Crippen molar-refractivity contribution in [2.45, 2.75) is 24.5 Å². The highest BCUT2D eigenvalue weighted by Gasteiger charge is 2.44. The number of benzene rings is 1. The second kappa shape index (κ2) is 7.63. The van der Waals surface area contributed by atoms with Crippen LogP contribution >= 0.6 is 0 Å². The Balaban J connectivity index is 2.09. The van der Waals surface area contributed by atoms with Gasteiger partial charge in [-0.1, -0.05) is 12.1 Å². The Kier molecular flexibility index (Phi) is 5.81. The van der Waals surface area contributed by atoms with Gasteiger partial charge in [0.05, 0.1) is 19.8 Å². The van der Waals surface area contributed by atoms with Crippen LogP contribution in [0.25, 0.3) is 0 Å². The average molecular weight is 325 g/mol. The minimum Gasteiger partial charge on any atom is -0.493 e. The predicted octanol–water partition coefficient (Wildman–Crippen LogP) is 0.346. The van der Waals surface area contributed by atoms with Crippen molar-refractivity contribution in [1.82, 2.24) is 4.90 Å². The lowest BCUT2D eigenvalue weighted by atomic mass is 9.91. The van der Waals surface area contributed by atoms with E-state index < -0.39 is 17.7 Å². The number of aliphatic carboxylic acids is 1. The van der Waals surface area contributed by atoms with Crippen LogP contribution in [-0.4, -0.2) is 71.2 Å². The number of carbonyl (C=O) groups is 1. The molecule has 3 N–H and O–H groups in total. The largest absolute Gasteiger partial charge is 0.493 e. The predicted molar refractivity (Wildman–Crippen MR) is 82.8 cm³/mol. The molecule has 1 heterocycles. The summed E-state index contributed by atoms with van der Waals surface area (Å²) in [6, 6.07) is 6.96. The van der Waals surface area contributed by atoms with Gasteiger partial charge in [0.1, 0.15) is 0 Å². The molecule has 23 heavy (non-hydrogen) atoms. The molecule has 0 spiro atoms. The number of aliphatic hydroxyl groups excluding tert-OH is 2. The Morgan fingerprint density at radius 2 is 1.91 bits per heavy atom. The van der Waals surface area contributed by atoms with E-state index in [9.17, 15) is 15.0 Å². The Morgan fingerprint density at radius 1 is 1.30 bits per heavy atom. The van der Waals surface area contributed by atoms with Crippen molar-refractivity contribution < 1.29 is 29.6 Å². The monoisotopic (exact) mass is 325 g/mol. The first kappa shape index (κ1) is 17.5. The lowest BCUT2D eigenvalue weighted by Gasteiger charge is -2.39. The van der Waals surface area contributed by atoms with Crippen molar-refractivity contribution in [2.24, 2.45) is 0 Å². The smallest absolute Gasteiger partial charge is 0.348 e. The SMILES string of the molecule is COc1ccccc1OC1(C(=O)O)CCN(CC(O)CO)CC1. The number of hydrogen-bond donors (Lipinski definition) is 3. The summed E-state index contributed by atoms with van der Waals surface area (Å²) in [5.74, 6) is -0.113. The van der Waals surface area contributed by atoms with Crippen LogP contribution in [0, 0.1) is 0 Å². The van der Waals surface area contributed by atoms with Crippen LogP contribution in [0.2, 0.25) is 0 Å². The Labute approximate surface area is 135 Å². The number of methoxy groups -OCH3 is 1. The molecule has 1 aromatic rings. The number of carboxylic acids is 1. The first-order chi connectivity index (χ1) is 11.0. The summed E-state index contributed by atoms with van der Waals surface area (Å²) in [7, 11) is 1.51. The molecule has 0 saturated carbocycles. The normalized spacial score (nSPS) is 19.1. The first-order valence-corrected chi connectivity index (χ1v) is 7.57. The number of carboxylic acid groups (broad SMARTS) is 1. The van der Waals surface area contributed by atoms with E-state index in [2.05, 4.69) is 0 Å². The van der Waals surface area contributed by atoms with Gasteiger partial charge in [-0.25, -0.2) is 4.79 Å². The Hall–Kier alpha value is -1.83. The van der Waals surface area contributed by atoms with Gasteiger partial charge in [-0.2, -0.15) is 0 Å². The molecule has 1 aromatic carbocycles. The summed E-state index contributed by atoms with van der Waals surface area (Å²) in [6.07, 6.45) is -0.237.